The van der Waals surface area contributed by atoms with Gasteiger partial charge in [-0.2, -0.15) is 0 Å². The molecule has 0 nitrogen and oxygen atoms in total. The molecule has 0 aromatic rings. The van der Waals surface area contributed by atoms with E-state index >= 15 is 0 Å². The zero-order chi connectivity index (χ0) is 8.53. The lowest BCUT2D eigenvalue weighted by molar-refractivity contribution is 1.13. The van der Waals surface area contributed by atoms with Crippen LogP contribution in [0.2, 0.25) is 12.1 Å². The largest absolute Gasteiger partial charge is 0.107 e. The molecular weight excluding hydrogens is 148 g/mol. The van der Waals surface area contributed by atoms with E-state index in [4.69, 9.17) is 0 Å². The summed E-state index contributed by atoms with van der Waals surface area (Å²) < 4.78 is 0. The Morgan fingerprint density at radius 1 is 0.909 bits per heavy atom. The second-order valence-corrected chi connectivity index (χ2v) is 5.24. The van der Waals surface area contributed by atoms with Crippen LogP contribution in [0, 0.1) is 0 Å². The first-order valence-electron chi connectivity index (χ1n) is 4.04. The van der Waals surface area contributed by atoms with Crippen LogP contribution >= 0.6 is 0 Å². The number of rotatable bonds is 7. The summed E-state index contributed by atoms with van der Waals surface area (Å²) in [7, 11) is -0.288. The van der Waals surface area contributed by atoms with Gasteiger partial charge in [0.2, 0.25) is 0 Å². The summed E-state index contributed by atoms with van der Waals surface area (Å²) in [6.45, 7) is 11.3. The van der Waals surface area contributed by atoms with Gasteiger partial charge < -0.3 is 0 Å². The van der Waals surface area contributed by atoms with Crippen molar-refractivity contribution in [1.82, 2.24) is 0 Å². The van der Waals surface area contributed by atoms with E-state index in [9.17, 15) is 0 Å². The summed E-state index contributed by atoms with van der Waals surface area (Å²) in [5, 5.41) is 0. The van der Waals surface area contributed by atoms with Crippen LogP contribution in [0.4, 0.5) is 0 Å². The van der Waals surface area contributed by atoms with Crippen LogP contribution in [0.1, 0.15) is 12.8 Å². The van der Waals surface area contributed by atoms with Gasteiger partial charge in [0.25, 0.3) is 0 Å². The molecule has 0 aromatic heterocycles. The van der Waals surface area contributed by atoms with Crippen molar-refractivity contribution in [1.29, 1.82) is 0 Å². The van der Waals surface area contributed by atoms with E-state index < -0.39 is 0 Å². The maximum absolute atomic E-state index is 3.84. The van der Waals surface area contributed by atoms with E-state index in [0.717, 1.165) is 12.8 Å². The average Bonchev–Trinajstić information content (AvgIpc) is 2.05. The molecular formula is C10H17Si. The van der Waals surface area contributed by atoms with Crippen molar-refractivity contribution in [3.05, 3.63) is 37.6 Å². The predicted molar refractivity (Wildman–Crippen MR) is 55.2 cm³/mol. The van der Waals surface area contributed by atoms with Crippen molar-refractivity contribution in [2.24, 2.45) is 0 Å². The van der Waals surface area contributed by atoms with E-state index in [1.165, 1.54) is 12.1 Å². The van der Waals surface area contributed by atoms with Gasteiger partial charge in [0, 0.05) is 0 Å². The minimum atomic E-state index is -0.288. The third-order valence-corrected chi connectivity index (χ3v) is 4.07. The maximum Gasteiger partial charge on any atom is 0.0756 e. The minimum absolute atomic E-state index is 0.288. The Bertz CT molecular complexity index is 115. The topological polar surface area (TPSA) is 0 Å². The molecule has 0 amide bonds. The zero-order valence-corrected chi connectivity index (χ0v) is 8.18. The highest BCUT2D eigenvalue weighted by atomic mass is 28.3. The monoisotopic (exact) mass is 165 g/mol. The van der Waals surface area contributed by atoms with Crippen molar-refractivity contribution in [2.75, 3.05) is 0 Å². The highest BCUT2D eigenvalue weighted by Gasteiger charge is 2.02. The molecule has 11 heavy (non-hydrogen) atoms. The Labute approximate surface area is 71.9 Å². The molecule has 0 aromatic carbocycles. The van der Waals surface area contributed by atoms with Crippen molar-refractivity contribution < 1.29 is 0 Å². The smallest absolute Gasteiger partial charge is 0.0756 e. The number of allylic oxidation sites excluding steroid dienone is 2. The normalized spacial score (nSPS) is 9.55. The van der Waals surface area contributed by atoms with Crippen molar-refractivity contribution in [2.45, 2.75) is 24.9 Å². The molecule has 0 saturated heterocycles. The van der Waals surface area contributed by atoms with E-state index in [0.29, 0.717) is 0 Å². The molecule has 0 bridgehead atoms. The van der Waals surface area contributed by atoms with Gasteiger partial charge in [-0.1, -0.05) is 24.2 Å². The summed E-state index contributed by atoms with van der Waals surface area (Å²) in [5.41, 5.74) is 2.14. The lowest BCUT2D eigenvalue weighted by Crippen LogP contribution is -2.06. The molecule has 0 fully saturated rings. The summed E-state index contributed by atoms with van der Waals surface area (Å²) in [6, 6.07) is 2.57. The Morgan fingerprint density at radius 2 is 1.36 bits per heavy atom. The average molecular weight is 165 g/mol. The zero-order valence-electron chi connectivity index (χ0n) is 7.18. The van der Waals surface area contributed by atoms with E-state index in [1.54, 1.807) is 0 Å². The Balaban J connectivity index is 3.47. The molecule has 0 saturated carbocycles. The first-order valence-corrected chi connectivity index (χ1v) is 6.03. The van der Waals surface area contributed by atoms with Crippen LogP contribution in [0.5, 0.6) is 0 Å². The third-order valence-electron chi connectivity index (χ3n) is 1.63. The first-order chi connectivity index (χ1) is 5.35. The molecule has 0 rings (SSSR count). The molecule has 0 aliphatic carbocycles. The molecule has 0 unspecified atom stereocenters. The standard InChI is InChI=1S/C10H17Si/c1-4-7-9-11(6-3)10-8-5-2/h4-6H,1-3,7-10H2. The van der Waals surface area contributed by atoms with Crippen LogP contribution in [0.15, 0.2) is 37.6 Å². The predicted octanol–water partition coefficient (Wildman–Crippen LogP) is 3.36. The fraction of sp³-hybridized carbons (Fsp3) is 0.400. The molecule has 0 aliphatic heterocycles. The third kappa shape index (κ3) is 5.86. The van der Waals surface area contributed by atoms with Gasteiger partial charge in [0.1, 0.15) is 0 Å². The first kappa shape index (κ1) is 10.4. The van der Waals surface area contributed by atoms with E-state index in [1.807, 2.05) is 12.2 Å². The van der Waals surface area contributed by atoms with Crippen LogP contribution in [-0.2, 0) is 0 Å². The summed E-state index contributed by atoms with van der Waals surface area (Å²) in [5.74, 6) is 0. The van der Waals surface area contributed by atoms with Gasteiger partial charge in [0.05, 0.1) is 8.80 Å². The van der Waals surface area contributed by atoms with Crippen LogP contribution < -0.4 is 0 Å². The molecule has 1 radical (unpaired) electrons. The molecule has 0 N–H and O–H groups in total. The summed E-state index contributed by atoms with van der Waals surface area (Å²) in [4.78, 5) is 0. The summed E-state index contributed by atoms with van der Waals surface area (Å²) >= 11 is 0. The highest BCUT2D eigenvalue weighted by Crippen LogP contribution is 2.07. The van der Waals surface area contributed by atoms with Gasteiger partial charge in [-0.05, 0) is 12.8 Å². The minimum Gasteiger partial charge on any atom is -0.107 e. The molecule has 0 aliphatic rings. The fourth-order valence-electron chi connectivity index (χ4n) is 0.904. The molecule has 0 heterocycles. The molecule has 0 spiro atoms. The fourth-order valence-corrected chi connectivity index (χ4v) is 2.71. The number of hydrogen-bond acceptors (Lipinski definition) is 0. The van der Waals surface area contributed by atoms with Crippen molar-refractivity contribution in [3.63, 3.8) is 0 Å². The lowest BCUT2D eigenvalue weighted by atomic mass is 10.5. The second kappa shape index (κ2) is 7.54. The van der Waals surface area contributed by atoms with Crippen LogP contribution in [0.3, 0.4) is 0 Å². The Morgan fingerprint density at radius 3 is 1.64 bits per heavy atom. The maximum atomic E-state index is 3.84. The van der Waals surface area contributed by atoms with Crippen molar-refractivity contribution in [3.8, 4) is 0 Å². The van der Waals surface area contributed by atoms with Gasteiger partial charge >= 0.3 is 0 Å². The van der Waals surface area contributed by atoms with Gasteiger partial charge in [0.15, 0.2) is 0 Å². The van der Waals surface area contributed by atoms with Crippen LogP contribution in [0.25, 0.3) is 0 Å². The second-order valence-electron chi connectivity index (χ2n) is 2.52. The quantitative estimate of drug-likeness (QED) is 0.401. The van der Waals surface area contributed by atoms with Gasteiger partial charge in [-0.25, -0.2) is 0 Å². The van der Waals surface area contributed by atoms with Gasteiger partial charge in [-0.3, -0.25) is 0 Å². The lowest BCUT2D eigenvalue weighted by Gasteiger charge is -2.05. The Kier molecular flexibility index (Phi) is 7.16. The van der Waals surface area contributed by atoms with E-state index in [-0.39, 0.29) is 8.80 Å². The number of hydrogen-bond donors (Lipinski definition) is 0. The molecule has 0 atom stereocenters. The molecule has 1 heteroatoms. The highest BCUT2D eigenvalue weighted by molar-refractivity contribution is 6.64. The SMILES string of the molecule is C=CCC[Si](C=C)CCC=C. The van der Waals surface area contributed by atoms with Crippen LogP contribution in [-0.4, -0.2) is 8.80 Å². The van der Waals surface area contributed by atoms with Crippen molar-refractivity contribution >= 4 is 8.80 Å². The van der Waals surface area contributed by atoms with E-state index in [2.05, 4.69) is 25.4 Å². The molecule has 61 valence electrons. The van der Waals surface area contributed by atoms with Gasteiger partial charge in [-0.15, -0.1) is 25.4 Å². The Hall–Kier alpha value is -0.563. The summed E-state index contributed by atoms with van der Waals surface area (Å²) in [6.07, 6.45) is 6.25.